The summed E-state index contributed by atoms with van der Waals surface area (Å²) in [4.78, 5) is 0. The van der Waals surface area contributed by atoms with E-state index in [0.717, 1.165) is 6.04 Å². The van der Waals surface area contributed by atoms with Crippen LogP contribution in [0.3, 0.4) is 0 Å². The number of hydrogen-bond acceptors (Lipinski definition) is 2. The molecule has 0 aromatic rings. The maximum absolute atomic E-state index is 5.54. The van der Waals surface area contributed by atoms with E-state index in [9.17, 15) is 0 Å². The molecule has 1 aliphatic rings. The molecule has 0 heterocycles. The zero-order valence-corrected chi connectivity index (χ0v) is 15.9. The first-order chi connectivity index (χ1) is 8.32. The summed E-state index contributed by atoms with van der Waals surface area (Å²) < 4.78 is 12.9. The van der Waals surface area contributed by atoms with Crippen LogP contribution in [-0.4, -0.2) is 22.8 Å². The molecule has 110 valence electrons. The zero-order valence-electron chi connectivity index (χ0n) is 12.6. The SMILES string of the molecule is CO[Si](C)(CCCC1=[C]([Pt]([CH3])([CH3])[CH3])CC=C1)OC. The van der Waals surface area contributed by atoms with Crippen LogP contribution in [0.5, 0.6) is 0 Å². The van der Waals surface area contributed by atoms with E-state index in [2.05, 4.69) is 34.6 Å². The van der Waals surface area contributed by atoms with E-state index < -0.39 is 24.6 Å². The molecule has 0 fully saturated rings. The van der Waals surface area contributed by atoms with E-state index >= 15 is 0 Å². The van der Waals surface area contributed by atoms with Gasteiger partial charge in [0.1, 0.15) is 0 Å². The number of allylic oxidation sites excluding steroid dienone is 4. The van der Waals surface area contributed by atoms with Gasteiger partial charge >= 0.3 is 117 Å². The van der Waals surface area contributed by atoms with Gasteiger partial charge in [-0.05, 0) is 0 Å². The molecule has 4 heteroatoms. The Morgan fingerprint density at radius 3 is 2.33 bits per heavy atom. The molecule has 0 amide bonds. The van der Waals surface area contributed by atoms with E-state index in [1.807, 2.05) is 0 Å². The maximum atomic E-state index is 5.54. The summed E-state index contributed by atoms with van der Waals surface area (Å²) in [5.41, 5.74) is 1.61. The van der Waals surface area contributed by atoms with Crippen LogP contribution in [-0.2, 0) is 24.9 Å². The Labute approximate surface area is 117 Å². The van der Waals surface area contributed by atoms with Crippen LogP contribution in [0.4, 0.5) is 0 Å². The van der Waals surface area contributed by atoms with Crippen LogP contribution in [0.1, 0.15) is 19.3 Å². The van der Waals surface area contributed by atoms with E-state index in [1.165, 1.54) is 19.3 Å². The Bertz CT molecular complexity index is 338. The van der Waals surface area contributed by atoms with Crippen molar-refractivity contribution in [3.63, 3.8) is 0 Å². The molecular formula is C14H28O2PtSi. The van der Waals surface area contributed by atoms with Crippen molar-refractivity contribution in [1.82, 2.24) is 0 Å². The van der Waals surface area contributed by atoms with Crippen molar-refractivity contribution in [2.75, 3.05) is 14.2 Å². The fraction of sp³-hybridized carbons (Fsp3) is 0.714. The Hall–Kier alpha value is 0.305. The molecule has 18 heavy (non-hydrogen) atoms. The summed E-state index contributed by atoms with van der Waals surface area (Å²) in [5.74, 6) is 0. The molecule has 0 atom stereocenters. The topological polar surface area (TPSA) is 18.5 Å². The van der Waals surface area contributed by atoms with Crippen LogP contribution in [0, 0.1) is 0 Å². The number of hydrogen-bond donors (Lipinski definition) is 0. The van der Waals surface area contributed by atoms with E-state index in [0.29, 0.717) is 0 Å². The zero-order chi connectivity index (χ0) is 13.8. The Kier molecular flexibility index (Phi) is 6.04. The van der Waals surface area contributed by atoms with Crippen molar-refractivity contribution in [3.8, 4) is 0 Å². The minimum absolute atomic E-state index is 1.08. The Balaban J connectivity index is 2.56. The second-order valence-corrected chi connectivity index (χ2v) is 20.5. The van der Waals surface area contributed by atoms with Crippen LogP contribution >= 0.6 is 0 Å². The monoisotopic (exact) mass is 451 g/mol. The molecule has 0 spiro atoms. The predicted octanol–water partition coefficient (Wildman–Crippen LogP) is 4.64. The summed E-state index contributed by atoms with van der Waals surface area (Å²) in [5, 5.41) is 7.45. The molecule has 0 aromatic carbocycles. The fourth-order valence-corrected chi connectivity index (χ4v) is 7.83. The van der Waals surface area contributed by atoms with Gasteiger partial charge in [0.25, 0.3) is 0 Å². The standard InChI is InChI=1S/C11H19O2Si.3CH3.Pt/c1-12-14(3,13-2)10-6-9-11-7-4-5-8-11;;;;/h4,7H,5-6,9-10H2,1-3H3;3*1H3;. The summed E-state index contributed by atoms with van der Waals surface area (Å²) in [7, 11) is 1.69. The van der Waals surface area contributed by atoms with Gasteiger partial charge in [0.15, 0.2) is 0 Å². The summed E-state index contributed by atoms with van der Waals surface area (Å²) in [6, 6.07) is 1.08. The predicted molar refractivity (Wildman–Crippen MR) is 78.1 cm³/mol. The van der Waals surface area contributed by atoms with Gasteiger partial charge < -0.3 is 0 Å². The van der Waals surface area contributed by atoms with Gasteiger partial charge in [-0.3, -0.25) is 0 Å². The van der Waals surface area contributed by atoms with Gasteiger partial charge in [0, 0.05) is 0 Å². The summed E-state index contributed by atoms with van der Waals surface area (Å²) in [6.07, 6.45) is 8.27. The van der Waals surface area contributed by atoms with Crippen LogP contribution in [0.25, 0.3) is 0 Å². The van der Waals surface area contributed by atoms with Gasteiger partial charge in [0.05, 0.1) is 0 Å². The van der Waals surface area contributed by atoms with Crippen molar-refractivity contribution in [1.29, 1.82) is 0 Å². The normalized spacial score (nSPS) is 17.7. The molecule has 0 aliphatic heterocycles. The van der Waals surface area contributed by atoms with Crippen molar-refractivity contribution < 1.29 is 24.9 Å². The quantitative estimate of drug-likeness (QED) is 0.525. The van der Waals surface area contributed by atoms with Crippen molar-refractivity contribution >= 4 is 8.56 Å². The van der Waals surface area contributed by atoms with Gasteiger partial charge in [-0.25, -0.2) is 0 Å². The van der Waals surface area contributed by atoms with Crippen molar-refractivity contribution in [2.24, 2.45) is 0 Å². The molecule has 0 aromatic heterocycles. The second kappa shape index (κ2) is 6.65. The Morgan fingerprint density at radius 1 is 1.22 bits per heavy atom. The molecular weight excluding hydrogens is 423 g/mol. The number of rotatable bonds is 7. The van der Waals surface area contributed by atoms with Crippen LogP contribution in [0.2, 0.25) is 28.5 Å². The average molecular weight is 452 g/mol. The molecule has 2 nitrogen and oxygen atoms in total. The Morgan fingerprint density at radius 2 is 1.83 bits per heavy atom. The van der Waals surface area contributed by atoms with Crippen LogP contribution < -0.4 is 0 Å². The van der Waals surface area contributed by atoms with Crippen molar-refractivity contribution in [2.45, 2.75) is 47.8 Å². The third-order valence-electron chi connectivity index (χ3n) is 3.45. The third kappa shape index (κ3) is 4.45. The molecule has 0 bridgehead atoms. The van der Waals surface area contributed by atoms with Crippen LogP contribution in [0.15, 0.2) is 21.7 Å². The van der Waals surface area contributed by atoms with Gasteiger partial charge in [-0.15, -0.1) is 0 Å². The van der Waals surface area contributed by atoms with Gasteiger partial charge in [0.2, 0.25) is 0 Å². The molecule has 1 aliphatic carbocycles. The second-order valence-electron chi connectivity index (χ2n) is 5.32. The van der Waals surface area contributed by atoms with Crippen molar-refractivity contribution in [3.05, 3.63) is 21.7 Å². The first kappa shape index (κ1) is 16.4. The van der Waals surface area contributed by atoms with Gasteiger partial charge in [-0.2, -0.15) is 0 Å². The van der Waals surface area contributed by atoms with E-state index in [1.54, 1.807) is 23.8 Å². The average Bonchev–Trinajstić information content (AvgIpc) is 2.77. The minimum atomic E-state index is -1.87. The van der Waals surface area contributed by atoms with E-state index in [4.69, 9.17) is 8.85 Å². The molecule has 0 N–H and O–H groups in total. The third-order valence-corrected chi connectivity index (χ3v) is 11.7. The molecule has 0 saturated heterocycles. The first-order valence-electron chi connectivity index (χ1n) is 6.17. The van der Waals surface area contributed by atoms with Gasteiger partial charge in [-0.1, -0.05) is 0 Å². The molecule has 0 saturated carbocycles. The summed E-state index contributed by atoms with van der Waals surface area (Å²) >= 11 is -1.56. The molecule has 0 unspecified atom stereocenters. The fourth-order valence-electron chi connectivity index (χ4n) is 2.11. The van der Waals surface area contributed by atoms with E-state index in [-0.39, 0.29) is 0 Å². The first-order valence-corrected chi connectivity index (χ1v) is 16.6. The molecule has 0 radical (unpaired) electrons. The molecule has 1 rings (SSSR count). The summed E-state index contributed by atoms with van der Waals surface area (Å²) in [6.45, 7) is 2.15.